The molecule has 3 aliphatic rings. The van der Waals surface area contributed by atoms with Crippen molar-refractivity contribution < 1.29 is 9.57 Å². The molecule has 7 heteroatoms. The lowest BCUT2D eigenvalue weighted by Crippen LogP contribution is -2.42. The van der Waals surface area contributed by atoms with Crippen LogP contribution in [-0.4, -0.2) is 24.2 Å². The van der Waals surface area contributed by atoms with Gasteiger partial charge in [-0.05, 0) is 71.8 Å². The second-order valence-electron chi connectivity index (χ2n) is 9.57. The molecule has 7 nitrogen and oxygen atoms in total. The number of guanidine groups is 1. The van der Waals surface area contributed by atoms with Gasteiger partial charge in [-0.3, -0.25) is 0 Å². The lowest BCUT2D eigenvalue weighted by atomic mass is 9.76. The van der Waals surface area contributed by atoms with Crippen LogP contribution in [0, 0.1) is 11.3 Å². The lowest BCUT2D eigenvalue weighted by Gasteiger charge is -2.41. The van der Waals surface area contributed by atoms with Gasteiger partial charge in [0.2, 0.25) is 11.7 Å². The number of fused-ring (bicyclic) bond motifs is 3. The van der Waals surface area contributed by atoms with Gasteiger partial charge < -0.3 is 16.2 Å². The van der Waals surface area contributed by atoms with Crippen molar-refractivity contribution in [2.24, 2.45) is 10.7 Å². The van der Waals surface area contributed by atoms with Gasteiger partial charge in [-0.1, -0.05) is 30.3 Å². The Labute approximate surface area is 204 Å². The van der Waals surface area contributed by atoms with Gasteiger partial charge in [-0.25, -0.2) is 14.9 Å². The first-order valence-electron chi connectivity index (χ1n) is 11.9. The molecule has 1 spiro atoms. The van der Waals surface area contributed by atoms with E-state index in [1.807, 2.05) is 30.3 Å². The van der Waals surface area contributed by atoms with E-state index in [0.29, 0.717) is 23.6 Å². The second-order valence-corrected chi connectivity index (χ2v) is 9.57. The summed E-state index contributed by atoms with van der Waals surface area (Å²) in [5.41, 5.74) is 17.7. The van der Waals surface area contributed by atoms with Crippen LogP contribution in [-0.2, 0) is 17.0 Å². The van der Waals surface area contributed by atoms with Crippen molar-refractivity contribution in [2.75, 3.05) is 12.8 Å². The van der Waals surface area contributed by atoms with Gasteiger partial charge in [0.25, 0.3) is 0 Å². The SMILES string of the molecule is CN1OC2(CC(C3CCCc4ccccc43)Oc3ccc(-c4cc(N)cc(C#N)c4)cc32)N=C1N. The Morgan fingerprint density at radius 1 is 1.09 bits per heavy atom. The highest BCUT2D eigenvalue weighted by Crippen LogP contribution is 2.51. The summed E-state index contributed by atoms with van der Waals surface area (Å²) in [7, 11) is 1.77. The van der Waals surface area contributed by atoms with Crippen molar-refractivity contribution in [1.82, 2.24) is 5.06 Å². The molecule has 3 atom stereocenters. The molecule has 0 saturated heterocycles. The number of aryl methyl sites for hydroxylation is 1. The molecule has 3 unspecified atom stereocenters. The van der Waals surface area contributed by atoms with E-state index in [9.17, 15) is 5.26 Å². The highest BCUT2D eigenvalue weighted by atomic mass is 16.7. The molecule has 0 saturated carbocycles. The van der Waals surface area contributed by atoms with Crippen molar-refractivity contribution in [2.45, 2.75) is 43.4 Å². The van der Waals surface area contributed by atoms with Gasteiger partial charge in [0, 0.05) is 25.1 Å². The molecule has 0 fully saturated rings. The van der Waals surface area contributed by atoms with Crippen molar-refractivity contribution in [3.8, 4) is 22.9 Å². The number of nitrogens with two attached hydrogens (primary N) is 2. The van der Waals surface area contributed by atoms with Gasteiger partial charge in [-0.15, -0.1) is 0 Å². The fourth-order valence-electron chi connectivity index (χ4n) is 5.73. The number of nitrogen functional groups attached to an aromatic ring is 1. The Morgan fingerprint density at radius 2 is 1.94 bits per heavy atom. The average molecular weight is 466 g/mol. The maximum Gasteiger partial charge on any atom is 0.221 e. The van der Waals surface area contributed by atoms with Gasteiger partial charge in [0.1, 0.15) is 11.9 Å². The van der Waals surface area contributed by atoms with E-state index in [1.165, 1.54) is 16.2 Å². The minimum atomic E-state index is -0.974. The molecule has 4 N–H and O–H groups in total. The van der Waals surface area contributed by atoms with Crippen molar-refractivity contribution in [3.63, 3.8) is 0 Å². The second kappa shape index (κ2) is 8.03. The predicted octanol–water partition coefficient (Wildman–Crippen LogP) is 4.42. The van der Waals surface area contributed by atoms with Crippen molar-refractivity contribution in [1.29, 1.82) is 5.26 Å². The summed E-state index contributed by atoms with van der Waals surface area (Å²) in [6.07, 6.45) is 3.73. The van der Waals surface area contributed by atoms with Crippen LogP contribution in [0.1, 0.15) is 47.4 Å². The minimum Gasteiger partial charge on any atom is -0.489 e. The molecule has 0 bridgehead atoms. The summed E-state index contributed by atoms with van der Waals surface area (Å²) in [5.74, 6) is 1.33. The van der Waals surface area contributed by atoms with Crippen molar-refractivity contribution >= 4 is 11.6 Å². The predicted molar refractivity (Wildman–Crippen MR) is 134 cm³/mol. The number of benzene rings is 3. The molecule has 3 aromatic carbocycles. The molecule has 176 valence electrons. The number of rotatable bonds is 2. The molecule has 2 aliphatic heterocycles. The first-order chi connectivity index (χ1) is 17.0. The van der Waals surface area contributed by atoms with E-state index in [0.717, 1.165) is 41.7 Å². The highest BCUT2D eigenvalue weighted by Gasteiger charge is 2.50. The summed E-state index contributed by atoms with van der Waals surface area (Å²) in [6.45, 7) is 0. The van der Waals surface area contributed by atoms with Crippen LogP contribution in [0.5, 0.6) is 5.75 Å². The molecule has 3 aromatic rings. The average Bonchev–Trinajstić information content (AvgIpc) is 3.15. The van der Waals surface area contributed by atoms with Gasteiger partial charge >= 0.3 is 0 Å². The molecule has 35 heavy (non-hydrogen) atoms. The van der Waals surface area contributed by atoms with Crippen LogP contribution in [0.25, 0.3) is 11.1 Å². The number of nitriles is 1. The Bertz CT molecular complexity index is 1390. The van der Waals surface area contributed by atoms with Crippen LogP contribution in [0.3, 0.4) is 0 Å². The number of hydrogen-bond donors (Lipinski definition) is 2. The topological polar surface area (TPSA) is 110 Å². The molecule has 0 aromatic heterocycles. The third-order valence-corrected chi connectivity index (χ3v) is 7.34. The maximum atomic E-state index is 9.39. The van der Waals surface area contributed by atoms with E-state index in [-0.39, 0.29) is 12.0 Å². The fourth-order valence-corrected chi connectivity index (χ4v) is 5.73. The van der Waals surface area contributed by atoms with Crippen LogP contribution in [0.15, 0.2) is 65.7 Å². The molecular formula is C28H27N5O2. The van der Waals surface area contributed by atoms with E-state index < -0.39 is 5.72 Å². The first-order valence-corrected chi connectivity index (χ1v) is 11.9. The molecule has 0 radical (unpaired) electrons. The van der Waals surface area contributed by atoms with E-state index in [2.05, 4.69) is 30.3 Å². The Hall–Kier alpha value is -4.02. The Balaban J connectivity index is 1.45. The molecule has 1 aliphatic carbocycles. The van der Waals surface area contributed by atoms with Crippen LogP contribution >= 0.6 is 0 Å². The third-order valence-electron chi connectivity index (χ3n) is 7.34. The molecule has 2 heterocycles. The van der Waals surface area contributed by atoms with E-state index >= 15 is 0 Å². The highest BCUT2D eigenvalue weighted by molar-refractivity contribution is 5.79. The third kappa shape index (κ3) is 3.58. The standard InChI is InChI=1S/C28H27N5O2/c1-33-27(31)32-28(35-33)15-26(23-8-4-6-18-5-2-3-7-22(18)23)34-25-10-9-19(14-24(25)28)20-11-17(16-29)12-21(30)13-20/h2-3,5,7,9-14,23,26H,4,6,8,15,30H2,1H3,(H2,31,32). The van der Waals surface area contributed by atoms with Gasteiger partial charge in [-0.2, -0.15) is 5.26 Å². The number of nitrogens with zero attached hydrogens (tertiary/aromatic N) is 3. The molecular weight excluding hydrogens is 438 g/mol. The first kappa shape index (κ1) is 21.5. The molecule has 0 amide bonds. The van der Waals surface area contributed by atoms with Crippen LogP contribution in [0.4, 0.5) is 5.69 Å². The lowest BCUT2D eigenvalue weighted by molar-refractivity contribution is -0.192. The largest absolute Gasteiger partial charge is 0.489 e. The summed E-state index contributed by atoms with van der Waals surface area (Å²) >= 11 is 0. The normalized spacial score (nSPS) is 24.8. The zero-order chi connectivity index (χ0) is 24.2. The smallest absolute Gasteiger partial charge is 0.221 e. The Morgan fingerprint density at radius 3 is 2.74 bits per heavy atom. The van der Waals surface area contributed by atoms with Crippen LogP contribution in [0.2, 0.25) is 0 Å². The summed E-state index contributed by atoms with van der Waals surface area (Å²) < 4.78 is 6.66. The van der Waals surface area contributed by atoms with Crippen LogP contribution < -0.4 is 16.2 Å². The minimum absolute atomic E-state index is 0.101. The fraction of sp³-hybridized carbons (Fsp3) is 0.286. The summed E-state index contributed by atoms with van der Waals surface area (Å²) in [5, 5.41) is 10.9. The van der Waals surface area contributed by atoms with Gasteiger partial charge in [0.15, 0.2) is 0 Å². The molecule has 6 rings (SSSR count). The quantitative estimate of drug-likeness (QED) is 0.542. The van der Waals surface area contributed by atoms with E-state index in [4.69, 9.17) is 26.0 Å². The summed E-state index contributed by atoms with van der Waals surface area (Å²) in [6, 6.07) is 22.2. The van der Waals surface area contributed by atoms with Crippen molar-refractivity contribution in [3.05, 3.63) is 82.9 Å². The summed E-state index contributed by atoms with van der Waals surface area (Å²) in [4.78, 5) is 11.2. The number of aliphatic imine (C=N–C) groups is 1. The van der Waals surface area contributed by atoms with E-state index in [1.54, 1.807) is 13.1 Å². The number of ether oxygens (including phenoxy) is 1. The zero-order valence-corrected chi connectivity index (χ0v) is 19.6. The monoisotopic (exact) mass is 465 g/mol. The zero-order valence-electron chi connectivity index (χ0n) is 19.6. The number of anilines is 1. The Kier molecular flexibility index (Phi) is 4.94. The number of hydroxylamine groups is 2. The maximum absolute atomic E-state index is 9.39. The number of hydrogen-bond acceptors (Lipinski definition) is 7. The van der Waals surface area contributed by atoms with Gasteiger partial charge in [0.05, 0.1) is 17.2 Å².